The molecule has 1 amide bonds. The van der Waals surface area contributed by atoms with Crippen molar-refractivity contribution in [3.63, 3.8) is 0 Å². The maximum absolute atomic E-state index is 12.5. The van der Waals surface area contributed by atoms with E-state index in [1.807, 2.05) is 59.5 Å². The lowest BCUT2D eigenvalue weighted by molar-refractivity contribution is -0.154. The van der Waals surface area contributed by atoms with Crippen LogP contribution in [0.4, 0.5) is 0 Å². The van der Waals surface area contributed by atoms with Crippen LogP contribution in [-0.2, 0) is 22.4 Å². The van der Waals surface area contributed by atoms with E-state index >= 15 is 0 Å². The van der Waals surface area contributed by atoms with Gasteiger partial charge in [0.1, 0.15) is 0 Å². The fourth-order valence-corrected chi connectivity index (χ4v) is 3.82. The van der Waals surface area contributed by atoms with Crippen molar-refractivity contribution in [1.29, 1.82) is 0 Å². The average molecular weight is 386 g/mol. The van der Waals surface area contributed by atoms with Crippen LogP contribution >= 0.6 is 11.6 Å². The molecule has 3 rings (SSSR count). The molecule has 0 radical (unpaired) electrons. The van der Waals surface area contributed by atoms with Gasteiger partial charge in [-0.3, -0.25) is 9.59 Å². The molecule has 142 valence electrons. The molecular weight excluding hydrogens is 362 g/mol. The van der Waals surface area contributed by atoms with Gasteiger partial charge in [-0.05, 0) is 48.9 Å². The van der Waals surface area contributed by atoms with Gasteiger partial charge in [0, 0.05) is 24.5 Å². The Hall–Kier alpha value is -2.33. The molecule has 4 nitrogen and oxygen atoms in total. The van der Waals surface area contributed by atoms with Crippen LogP contribution in [0.25, 0.3) is 0 Å². The lowest BCUT2D eigenvalue weighted by atomic mass is 9.73. The third kappa shape index (κ3) is 4.89. The van der Waals surface area contributed by atoms with Crippen LogP contribution < -0.4 is 0 Å². The first kappa shape index (κ1) is 19.4. The van der Waals surface area contributed by atoms with E-state index in [1.165, 1.54) is 0 Å². The second-order valence-electron chi connectivity index (χ2n) is 7.26. The van der Waals surface area contributed by atoms with Gasteiger partial charge in [0.15, 0.2) is 0 Å². The van der Waals surface area contributed by atoms with Crippen LogP contribution in [0.3, 0.4) is 0 Å². The van der Waals surface area contributed by atoms with Gasteiger partial charge in [0.05, 0.1) is 5.41 Å². The Morgan fingerprint density at radius 2 is 1.59 bits per heavy atom. The van der Waals surface area contributed by atoms with Gasteiger partial charge in [-0.25, -0.2) is 0 Å². The highest BCUT2D eigenvalue weighted by Gasteiger charge is 2.42. The quantitative estimate of drug-likeness (QED) is 0.810. The van der Waals surface area contributed by atoms with Crippen LogP contribution in [0, 0.1) is 5.41 Å². The third-order valence-corrected chi connectivity index (χ3v) is 5.71. The number of halogens is 1. The van der Waals surface area contributed by atoms with Crippen molar-refractivity contribution in [2.75, 3.05) is 13.1 Å². The van der Waals surface area contributed by atoms with E-state index in [1.54, 1.807) is 0 Å². The molecule has 27 heavy (non-hydrogen) atoms. The molecule has 2 aromatic rings. The molecule has 1 saturated heterocycles. The summed E-state index contributed by atoms with van der Waals surface area (Å²) in [5.41, 5.74) is 1.32. The highest BCUT2D eigenvalue weighted by Crippen LogP contribution is 2.35. The second kappa shape index (κ2) is 8.57. The lowest BCUT2D eigenvalue weighted by Crippen LogP contribution is -2.47. The topological polar surface area (TPSA) is 57.6 Å². The van der Waals surface area contributed by atoms with E-state index < -0.39 is 11.4 Å². The molecule has 0 atom stereocenters. The molecule has 1 N–H and O–H groups in total. The van der Waals surface area contributed by atoms with Gasteiger partial charge in [0.25, 0.3) is 0 Å². The van der Waals surface area contributed by atoms with Crippen molar-refractivity contribution in [2.45, 2.75) is 32.1 Å². The minimum absolute atomic E-state index is 0.0867. The summed E-state index contributed by atoms with van der Waals surface area (Å²) in [5.74, 6) is -0.678. The summed E-state index contributed by atoms with van der Waals surface area (Å²) < 4.78 is 0. The molecule has 0 aromatic heterocycles. The zero-order valence-corrected chi connectivity index (χ0v) is 16.0. The van der Waals surface area contributed by atoms with Gasteiger partial charge in [-0.2, -0.15) is 0 Å². The summed E-state index contributed by atoms with van der Waals surface area (Å²) in [7, 11) is 0. The molecule has 0 aliphatic carbocycles. The number of carboxylic acid groups (broad SMARTS) is 1. The average Bonchev–Trinajstić information content (AvgIpc) is 2.68. The second-order valence-corrected chi connectivity index (χ2v) is 7.69. The molecule has 0 bridgehead atoms. The Balaban J connectivity index is 1.56. The van der Waals surface area contributed by atoms with Gasteiger partial charge < -0.3 is 10.0 Å². The fraction of sp³-hybridized carbons (Fsp3) is 0.364. The molecular formula is C22H24ClNO3. The minimum atomic E-state index is -0.783. The highest BCUT2D eigenvalue weighted by molar-refractivity contribution is 6.30. The van der Waals surface area contributed by atoms with Crippen LogP contribution in [0.15, 0.2) is 54.6 Å². The van der Waals surface area contributed by atoms with Crippen molar-refractivity contribution >= 4 is 23.5 Å². The number of aryl methyl sites for hydroxylation is 1. The smallest absolute Gasteiger partial charge is 0.310 e. The Morgan fingerprint density at radius 1 is 0.963 bits per heavy atom. The number of hydrogen-bond donors (Lipinski definition) is 1. The van der Waals surface area contributed by atoms with Crippen LogP contribution in [-0.4, -0.2) is 35.0 Å². The standard InChI is InChI=1S/C22H24ClNO3/c23-19-9-6-17(7-10-19)8-11-20(25)24-14-12-22(13-15-24,21(26)27)16-18-4-2-1-3-5-18/h1-7,9-10H,8,11-16H2,(H,26,27). The molecule has 2 aromatic carbocycles. The zero-order valence-electron chi connectivity index (χ0n) is 15.2. The summed E-state index contributed by atoms with van der Waals surface area (Å²) >= 11 is 5.88. The van der Waals surface area contributed by atoms with E-state index in [9.17, 15) is 14.7 Å². The SMILES string of the molecule is O=C(CCc1ccc(Cl)cc1)N1CCC(Cc2ccccc2)(C(=O)O)CC1. The predicted molar refractivity (Wildman–Crippen MR) is 106 cm³/mol. The molecule has 1 aliphatic rings. The molecule has 0 unspecified atom stereocenters. The van der Waals surface area contributed by atoms with Gasteiger partial charge >= 0.3 is 5.97 Å². The summed E-state index contributed by atoms with van der Waals surface area (Å²) in [5, 5.41) is 10.5. The molecule has 1 fully saturated rings. The number of aliphatic carboxylic acids is 1. The van der Waals surface area contributed by atoms with Crippen molar-refractivity contribution in [3.05, 3.63) is 70.7 Å². The number of rotatable bonds is 6. The first-order valence-corrected chi connectivity index (χ1v) is 9.66. The lowest BCUT2D eigenvalue weighted by Gasteiger charge is -2.39. The van der Waals surface area contributed by atoms with Crippen LogP contribution in [0.1, 0.15) is 30.4 Å². The summed E-state index contributed by atoms with van der Waals surface area (Å²) in [6.07, 6.45) is 2.59. The number of piperidine rings is 1. The Bertz CT molecular complexity index is 781. The molecule has 1 heterocycles. The predicted octanol–water partition coefficient (Wildman–Crippen LogP) is 4.21. The first-order valence-electron chi connectivity index (χ1n) is 9.28. The minimum Gasteiger partial charge on any atom is -0.481 e. The van der Waals surface area contributed by atoms with Gasteiger partial charge in [-0.1, -0.05) is 54.1 Å². The van der Waals surface area contributed by atoms with Crippen molar-refractivity contribution in [1.82, 2.24) is 4.90 Å². The van der Waals surface area contributed by atoms with Crippen molar-refractivity contribution in [2.24, 2.45) is 5.41 Å². The van der Waals surface area contributed by atoms with Crippen molar-refractivity contribution < 1.29 is 14.7 Å². The first-order chi connectivity index (χ1) is 13.0. The number of nitrogens with zero attached hydrogens (tertiary/aromatic N) is 1. The number of carboxylic acids is 1. The highest BCUT2D eigenvalue weighted by atomic mass is 35.5. The zero-order chi connectivity index (χ0) is 19.3. The van der Waals surface area contributed by atoms with E-state index in [-0.39, 0.29) is 5.91 Å². The summed E-state index contributed by atoms with van der Waals surface area (Å²) in [6, 6.07) is 17.2. The number of likely N-dealkylation sites (tertiary alicyclic amines) is 1. The van der Waals surface area contributed by atoms with Gasteiger partial charge in [0.2, 0.25) is 5.91 Å². The number of carbonyl (C=O) groups excluding carboxylic acids is 1. The van der Waals surface area contributed by atoms with Gasteiger partial charge in [-0.15, -0.1) is 0 Å². The van der Waals surface area contributed by atoms with Crippen LogP contribution in [0.2, 0.25) is 5.02 Å². The van der Waals surface area contributed by atoms with Crippen LogP contribution in [0.5, 0.6) is 0 Å². The number of carbonyl (C=O) groups is 2. The molecule has 1 aliphatic heterocycles. The van der Waals surface area contributed by atoms with Crippen molar-refractivity contribution in [3.8, 4) is 0 Å². The normalized spacial score (nSPS) is 16.1. The Labute approximate surface area is 164 Å². The summed E-state index contributed by atoms with van der Waals surface area (Å²) in [6.45, 7) is 0.997. The largest absolute Gasteiger partial charge is 0.481 e. The van der Waals surface area contributed by atoms with E-state index in [4.69, 9.17) is 11.6 Å². The molecule has 0 saturated carbocycles. The Morgan fingerprint density at radius 3 is 2.19 bits per heavy atom. The maximum atomic E-state index is 12.5. The fourth-order valence-electron chi connectivity index (χ4n) is 3.70. The monoisotopic (exact) mass is 385 g/mol. The maximum Gasteiger partial charge on any atom is 0.310 e. The van der Waals surface area contributed by atoms with E-state index in [2.05, 4.69) is 0 Å². The Kier molecular flexibility index (Phi) is 6.17. The number of benzene rings is 2. The van der Waals surface area contributed by atoms with E-state index in [0.29, 0.717) is 50.2 Å². The third-order valence-electron chi connectivity index (χ3n) is 5.45. The summed E-state index contributed by atoms with van der Waals surface area (Å²) in [4.78, 5) is 26.3. The number of amides is 1. The number of hydrogen-bond acceptors (Lipinski definition) is 2. The molecule has 5 heteroatoms. The molecule has 0 spiro atoms. The van der Waals surface area contributed by atoms with E-state index in [0.717, 1.165) is 11.1 Å².